The molecule has 0 aromatic carbocycles. The summed E-state index contributed by atoms with van der Waals surface area (Å²) in [6.45, 7) is 0. The van der Waals surface area contributed by atoms with Crippen LogP contribution in [0.3, 0.4) is 0 Å². The molecule has 2 rings (SSSR count). The third kappa shape index (κ3) is 2.98. The number of rotatable bonds is 3. The van der Waals surface area contributed by atoms with Crippen molar-refractivity contribution >= 4 is 29.2 Å². The molecule has 2 unspecified atom stereocenters. The van der Waals surface area contributed by atoms with Crippen molar-refractivity contribution in [3.05, 3.63) is 17.5 Å². The average molecular weight is 244 g/mol. The Morgan fingerprint density at radius 3 is 3.07 bits per heavy atom. The van der Waals surface area contributed by atoms with Crippen LogP contribution in [-0.2, 0) is 0 Å². The van der Waals surface area contributed by atoms with Gasteiger partial charge in [-0.2, -0.15) is 11.8 Å². The number of aromatic nitrogens is 2. The monoisotopic (exact) mass is 243 g/mol. The lowest BCUT2D eigenvalue weighted by molar-refractivity contribution is 0.751. The molecule has 0 saturated heterocycles. The first-order valence-corrected chi connectivity index (χ1v) is 6.72. The van der Waals surface area contributed by atoms with Crippen LogP contribution in [0, 0.1) is 0 Å². The van der Waals surface area contributed by atoms with Gasteiger partial charge in [0.25, 0.3) is 0 Å². The fourth-order valence-corrected chi connectivity index (χ4v) is 2.85. The summed E-state index contributed by atoms with van der Waals surface area (Å²) >= 11 is 7.67. The predicted octanol–water partition coefficient (Wildman–Crippen LogP) is 2.83. The summed E-state index contributed by atoms with van der Waals surface area (Å²) < 4.78 is 0. The largest absolute Gasteiger partial charge is 0.367 e. The van der Waals surface area contributed by atoms with E-state index in [1.54, 1.807) is 6.20 Å². The highest BCUT2D eigenvalue weighted by Crippen LogP contribution is 2.29. The molecule has 1 saturated carbocycles. The van der Waals surface area contributed by atoms with E-state index < -0.39 is 0 Å². The van der Waals surface area contributed by atoms with E-state index in [1.807, 2.05) is 17.8 Å². The van der Waals surface area contributed by atoms with E-state index in [1.165, 1.54) is 19.3 Å². The number of hydrogen-bond donors (Lipinski definition) is 1. The van der Waals surface area contributed by atoms with Gasteiger partial charge in [0.1, 0.15) is 5.82 Å². The van der Waals surface area contributed by atoms with E-state index in [4.69, 9.17) is 11.6 Å². The van der Waals surface area contributed by atoms with Crippen molar-refractivity contribution in [1.29, 1.82) is 0 Å². The van der Waals surface area contributed by atoms with Gasteiger partial charge in [0.15, 0.2) is 0 Å². The molecular formula is C10H14ClN3S. The Kier molecular flexibility index (Phi) is 3.70. The Labute approximate surface area is 99.0 Å². The molecule has 3 nitrogen and oxygen atoms in total. The number of hydrogen-bond acceptors (Lipinski definition) is 4. The lowest BCUT2D eigenvalue weighted by atomic mass is 10.2. The zero-order valence-electron chi connectivity index (χ0n) is 8.61. The number of thioether (sulfide) groups is 1. The number of nitrogens with one attached hydrogen (secondary N) is 1. The van der Waals surface area contributed by atoms with Crippen LogP contribution < -0.4 is 5.32 Å². The Morgan fingerprint density at radius 2 is 2.40 bits per heavy atom. The first kappa shape index (κ1) is 11.0. The third-order valence-corrected chi connectivity index (χ3v) is 3.97. The second-order valence-corrected chi connectivity index (χ2v) is 5.20. The van der Waals surface area contributed by atoms with Crippen molar-refractivity contribution in [3.63, 3.8) is 0 Å². The van der Waals surface area contributed by atoms with Crippen molar-refractivity contribution in [2.24, 2.45) is 0 Å². The topological polar surface area (TPSA) is 37.8 Å². The van der Waals surface area contributed by atoms with E-state index in [0.717, 1.165) is 11.1 Å². The zero-order chi connectivity index (χ0) is 10.7. The van der Waals surface area contributed by atoms with E-state index >= 15 is 0 Å². The maximum absolute atomic E-state index is 5.72. The molecule has 82 valence electrons. The van der Waals surface area contributed by atoms with Crippen LogP contribution in [0.2, 0.25) is 5.28 Å². The Bertz CT molecular complexity index is 334. The molecule has 1 aromatic rings. The summed E-state index contributed by atoms with van der Waals surface area (Å²) in [5, 5.41) is 4.49. The fraction of sp³-hybridized carbons (Fsp3) is 0.600. The summed E-state index contributed by atoms with van der Waals surface area (Å²) in [4.78, 5) is 7.98. The van der Waals surface area contributed by atoms with Crippen LogP contribution >= 0.6 is 23.4 Å². The standard InChI is InChI=1S/C10H14ClN3S/c1-15-8-3-2-7(6-8)13-9-4-5-12-10(11)14-9/h4-5,7-8H,2-3,6H2,1H3,(H,12,13,14). The summed E-state index contributed by atoms with van der Waals surface area (Å²) in [7, 11) is 0. The molecule has 0 spiro atoms. The van der Waals surface area contributed by atoms with E-state index in [0.29, 0.717) is 11.3 Å². The third-order valence-electron chi connectivity index (χ3n) is 2.70. The highest BCUT2D eigenvalue weighted by Gasteiger charge is 2.23. The van der Waals surface area contributed by atoms with E-state index in [9.17, 15) is 0 Å². The lowest BCUT2D eigenvalue weighted by Crippen LogP contribution is -2.16. The number of nitrogens with zero attached hydrogens (tertiary/aromatic N) is 2. The van der Waals surface area contributed by atoms with Gasteiger partial charge in [-0.05, 0) is 43.2 Å². The van der Waals surface area contributed by atoms with Gasteiger partial charge in [-0.25, -0.2) is 9.97 Å². The number of halogens is 1. The van der Waals surface area contributed by atoms with Crippen LogP contribution in [0.25, 0.3) is 0 Å². The molecule has 1 aromatic heterocycles. The first-order valence-electron chi connectivity index (χ1n) is 5.06. The summed E-state index contributed by atoms with van der Waals surface area (Å²) in [5.41, 5.74) is 0. The van der Waals surface area contributed by atoms with Crippen molar-refractivity contribution in [3.8, 4) is 0 Å². The molecule has 5 heteroatoms. The van der Waals surface area contributed by atoms with E-state index in [-0.39, 0.29) is 0 Å². The molecule has 15 heavy (non-hydrogen) atoms. The van der Waals surface area contributed by atoms with Crippen LogP contribution in [-0.4, -0.2) is 27.5 Å². The predicted molar refractivity (Wildman–Crippen MR) is 65.6 cm³/mol. The smallest absolute Gasteiger partial charge is 0.224 e. The Morgan fingerprint density at radius 1 is 1.53 bits per heavy atom. The molecule has 0 amide bonds. The highest BCUT2D eigenvalue weighted by molar-refractivity contribution is 7.99. The van der Waals surface area contributed by atoms with Gasteiger partial charge < -0.3 is 5.32 Å². The van der Waals surface area contributed by atoms with Crippen LogP contribution in [0.15, 0.2) is 12.3 Å². The van der Waals surface area contributed by atoms with Crippen LogP contribution in [0.5, 0.6) is 0 Å². The molecule has 1 aliphatic rings. The Hall–Kier alpha value is -0.480. The second-order valence-electron chi connectivity index (χ2n) is 3.72. The van der Waals surface area contributed by atoms with Crippen LogP contribution in [0.4, 0.5) is 5.82 Å². The number of anilines is 1. The molecule has 0 radical (unpaired) electrons. The van der Waals surface area contributed by atoms with Gasteiger partial charge in [0.05, 0.1) is 0 Å². The maximum Gasteiger partial charge on any atom is 0.224 e. The Balaban J connectivity index is 1.92. The van der Waals surface area contributed by atoms with E-state index in [2.05, 4.69) is 21.5 Å². The summed E-state index contributed by atoms with van der Waals surface area (Å²) in [5.74, 6) is 0.835. The van der Waals surface area contributed by atoms with Crippen molar-refractivity contribution in [2.75, 3.05) is 11.6 Å². The molecule has 1 aliphatic carbocycles. The van der Waals surface area contributed by atoms with Crippen molar-refractivity contribution < 1.29 is 0 Å². The quantitative estimate of drug-likeness (QED) is 0.829. The normalized spacial score (nSPS) is 25.5. The first-order chi connectivity index (χ1) is 7.28. The van der Waals surface area contributed by atoms with Gasteiger partial charge >= 0.3 is 0 Å². The summed E-state index contributed by atoms with van der Waals surface area (Å²) in [6, 6.07) is 2.39. The average Bonchev–Trinajstić information content (AvgIpc) is 2.65. The minimum Gasteiger partial charge on any atom is -0.367 e. The van der Waals surface area contributed by atoms with Gasteiger partial charge in [0, 0.05) is 17.5 Å². The molecule has 1 N–H and O–H groups in total. The van der Waals surface area contributed by atoms with Gasteiger partial charge in [-0.15, -0.1) is 0 Å². The molecule has 1 fully saturated rings. The van der Waals surface area contributed by atoms with Crippen molar-refractivity contribution in [2.45, 2.75) is 30.6 Å². The maximum atomic E-state index is 5.72. The van der Waals surface area contributed by atoms with Gasteiger partial charge in [0.2, 0.25) is 5.28 Å². The molecule has 1 heterocycles. The summed E-state index contributed by atoms with van der Waals surface area (Å²) in [6.07, 6.45) is 7.57. The SMILES string of the molecule is CSC1CCC(Nc2ccnc(Cl)n2)C1. The minimum atomic E-state index is 0.305. The highest BCUT2D eigenvalue weighted by atomic mass is 35.5. The molecule has 0 bridgehead atoms. The minimum absolute atomic E-state index is 0.305. The molecule has 2 atom stereocenters. The second kappa shape index (κ2) is 5.03. The van der Waals surface area contributed by atoms with Gasteiger partial charge in [-0.3, -0.25) is 0 Å². The lowest BCUT2D eigenvalue weighted by Gasteiger charge is -2.12. The fourth-order valence-electron chi connectivity index (χ4n) is 1.91. The van der Waals surface area contributed by atoms with Gasteiger partial charge in [-0.1, -0.05) is 0 Å². The van der Waals surface area contributed by atoms with Crippen molar-refractivity contribution in [1.82, 2.24) is 9.97 Å². The molecular weight excluding hydrogens is 230 g/mol. The zero-order valence-corrected chi connectivity index (χ0v) is 10.2. The molecule has 0 aliphatic heterocycles. The van der Waals surface area contributed by atoms with Crippen LogP contribution in [0.1, 0.15) is 19.3 Å².